The smallest absolute Gasteiger partial charge is 0.158 e. The molecule has 3 rings (SSSR count). The third-order valence-electron chi connectivity index (χ3n) is 3.58. The molecule has 1 saturated heterocycles. The van der Waals surface area contributed by atoms with Crippen LogP contribution in [-0.4, -0.2) is 43.2 Å². The fourth-order valence-electron chi connectivity index (χ4n) is 2.59. The van der Waals surface area contributed by atoms with Crippen LogP contribution in [0.1, 0.15) is 12.0 Å². The molecule has 20 heavy (non-hydrogen) atoms. The van der Waals surface area contributed by atoms with E-state index in [1.54, 1.807) is 7.11 Å². The molecule has 0 saturated carbocycles. The van der Waals surface area contributed by atoms with Crippen molar-refractivity contribution >= 4 is 17.8 Å². The summed E-state index contributed by atoms with van der Waals surface area (Å²) in [5.41, 5.74) is 3.30. The van der Waals surface area contributed by atoms with Gasteiger partial charge >= 0.3 is 0 Å². The number of aldehydes is 1. The van der Waals surface area contributed by atoms with E-state index in [0.717, 1.165) is 35.6 Å². The minimum absolute atomic E-state index is 0.505. The summed E-state index contributed by atoms with van der Waals surface area (Å²) in [5.74, 6) is 0.929. The first-order valence-corrected chi connectivity index (χ1v) is 6.67. The maximum atomic E-state index is 10.7. The van der Waals surface area contributed by atoms with Crippen molar-refractivity contribution in [2.24, 2.45) is 0 Å². The van der Waals surface area contributed by atoms with Gasteiger partial charge in [0.15, 0.2) is 5.82 Å². The number of pyridine rings is 1. The number of aromatic nitrogens is 1. The molecular formula is C14H18N4O2. The first-order chi connectivity index (χ1) is 9.72. The lowest BCUT2D eigenvalue weighted by molar-refractivity contribution is -0.109. The minimum atomic E-state index is 0.505. The number of rotatable bonds is 4. The Balaban J connectivity index is 1.99. The van der Waals surface area contributed by atoms with Gasteiger partial charge in [0.25, 0.3) is 0 Å². The molecule has 6 nitrogen and oxygen atoms in total. The molecule has 0 radical (unpaired) electrons. The van der Waals surface area contributed by atoms with E-state index < -0.39 is 0 Å². The molecule has 2 aliphatic rings. The van der Waals surface area contributed by atoms with Crippen LogP contribution in [0.2, 0.25) is 0 Å². The average molecular weight is 274 g/mol. The predicted octanol–water partition coefficient (Wildman–Crippen LogP) is 1.28. The molecule has 1 aromatic rings. The van der Waals surface area contributed by atoms with Crippen LogP contribution in [0.25, 0.3) is 0 Å². The van der Waals surface area contributed by atoms with Crippen LogP contribution >= 0.6 is 0 Å². The highest BCUT2D eigenvalue weighted by molar-refractivity contribution is 5.75. The normalized spacial score (nSPS) is 17.8. The van der Waals surface area contributed by atoms with Crippen molar-refractivity contribution in [2.75, 3.05) is 36.7 Å². The van der Waals surface area contributed by atoms with E-state index in [1.807, 2.05) is 18.2 Å². The summed E-state index contributed by atoms with van der Waals surface area (Å²) >= 11 is 0. The molecule has 3 heterocycles. The fourth-order valence-corrected chi connectivity index (χ4v) is 2.59. The highest BCUT2D eigenvalue weighted by Crippen LogP contribution is 2.37. The molecule has 106 valence electrons. The summed E-state index contributed by atoms with van der Waals surface area (Å²) in [6, 6.07) is 2.11. The molecule has 2 aliphatic heterocycles. The first kappa shape index (κ1) is 13.1. The van der Waals surface area contributed by atoms with Crippen molar-refractivity contribution in [2.45, 2.75) is 13.3 Å². The zero-order chi connectivity index (χ0) is 14.1. The second kappa shape index (κ2) is 5.22. The summed E-state index contributed by atoms with van der Waals surface area (Å²) in [6.45, 7) is 4.10. The SMILES string of the molecule is CON1CC2=CN(CCC=O)c3cc(C)cnc3N2C1. The summed E-state index contributed by atoms with van der Waals surface area (Å²) in [6.07, 6.45) is 5.41. The Hall–Kier alpha value is -1.92. The van der Waals surface area contributed by atoms with Crippen molar-refractivity contribution in [1.29, 1.82) is 0 Å². The van der Waals surface area contributed by atoms with Gasteiger partial charge in [-0.25, -0.2) is 4.98 Å². The number of aryl methyl sites for hydroxylation is 1. The van der Waals surface area contributed by atoms with E-state index >= 15 is 0 Å². The highest BCUT2D eigenvalue weighted by atomic mass is 16.7. The quantitative estimate of drug-likeness (QED) is 0.771. The van der Waals surface area contributed by atoms with Crippen LogP contribution in [0.5, 0.6) is 0 Å². The van der Waals surface area contributed by atoms with E-state index in [9.17, 15) is 4.79 Å². The van der Waals surface area contributed by atoms with Crippen LogP contribution in [0.3, 0.4) is 0 Å². The minimum Gasteiger partial charge on any atom is -0.343 e. The summed E-state index contributed by atoms with van der Waals surface area (Å²) in [7, 11) is 1.67. The number of carbonyl (C=O) groups is 1. The van der Waals surface area contributed by atoms with Gasteiger partial charge in [-0.2, -0.15) is 5.06 Å². The Kier molecular flexibility index (Phi) is 3.42. The molecule has 0 unspecified atom stereocenters. The second-order valence-corrected chi connectivity index (χ2v) is 5.02. The number of hydrogen-bond acceptors (Lipinski definition) is 6. The number of fused-ring (bicyclic) bond motifs is 3. The standard InChI is InChI=1S/C14H18N4O2/c1-11-6-13-14(15-7-11)18-10-17(20-2)9-12(18)8-16(13)4-3-5-19/h5-8H,3-4,9-10H2,1-2H3. The van der Waals surface area contributed by atoms with Gasteiger partial charge in [-0.15, -0.1) is 0 Å². The second-order valence-electron chi connectivity index (χ2n) is 5.02. The van der Waals surface area contributed by atoms with Crippen LogP contribution in [0.4, 0.5) is 11.5 Å². The molecule has 0 bridgehead atoms. The third kappa shape index (κ3) is 2.17. The number of anilines is 2. The van der Waals surface area contributed by atoms with Gasteiger partial charge in [-0.1, -0.05) is 0 Å². The molecule has 0 aliphatic carbocycles. The van der Waals surface area contributed by atoms with E-state index in [0.29, 0.717) is 19.6 Å². The average Bonchev–Trinajstić information content (AvgIpc) is 2.87. The fraction of sp³-hybridized carbons (Fsp3) is 0.429. The van der Waals surface area contributed by atoms with Crippen LogP contribution < -0.4 is 9.80 Å². The van der Waals surface area contributed by atoms with Gasteiger partial charge < -0.3 is 19.4 Å². The van der Waals surface area contributed by atoms with Crippen molar-refractivity contribution in [3.8, 4) is 0 Å². The lowest BCUT2D eigenvalue weighted by Gasteiger charge is -2.32. The number of nitrogens with zero attached hydrogens (tertiary/aromatic N) is 4. The van der Waals surface area contributed by atoms with Gasteiger partial charge in [0, 0.05) is 25.4 Å². The van der Waals surface area contributed by atoms with E-state index in [-0.39, 0.29) is 0 Å². The molecule has 0 spiro atoms. The van der Waals surface area contributed by atoms with E-state index in [1.165, 1.54) is 0 Å². The Morgan fingerprint density at radius 3 is 3.10 bits per heavy atom. The largest absolute Gasteiger partial charge is 0.343 e. The zero-order valence-electron chi connectivity index (χ0n) is 11.7. The van der Waals surface area contributed by atoms with Gasteiger partial charge in [-0.05, 0) is 18.6 Å². The third-order valence-corrected chi connectivity index (χ3v) is 3.58. The molecule has 0 atom stereocenters. The maximum absolute atomic E-state index is 10.7. The van der Waals surface area contributed by atoms with Crippen molar-refractivity contribution < 1.29 is 9.63 Å². The Bertz CT molecular complexity index is 558. The molecule has 0 aromatic carbocycles. The van der Waals surface area contributed by atoms with Gasteiger partial charge in [0.2, 0.25) is 0 Å². The highest BCUT2D eigenvalue weighted by Gasteiger charge is 2.33. The summed E-state index contributed by atoms with van der Waals surface area (Å²) in [4.78, 5) is 24.8. The Morgan fingerprint density at radius 2 is 2.35 bits per heavy atom. The van der Waals surface area contributed by atoms with Crippen LogP contribution in [-0.2, 0) is 9.63 Å². The van der Waals surface area contributed by atoms with Gasteiger partial charge in [0.1, 0.15) is 13.0 Å². The van der Waals surface area contributed by atoms with Crippen LogP contribution in [0.15, 0.2) is 24.2 Å². The molecule has 1 fully saturated rings. The molecule has 6 heteroatoms. The summed E-state index contributed by atoms with van der Waals surface area (Å²) in [5, 5.41) is 1.88. The summed E-state index contributed by atoms with van der Waals surface area (Å²) < 4.78 is 0. The van der Waals surface area contributed by atoms with E-state index in [2.05, 4.69) is 27.1 Å². The Labute approximate surface area is 118 Å². The Morgan fingerprint density at radius 1 is 1.50 bits per heavy atom. The monoisotopic (exact) mass is 274 g/mol. The topological polar surface area (TPSA) is 48.9 Å². The van der Waals surface area contributed by atoms with Crippen LogP contribution in [0, 0.1) is 6.92 Å². The van der Waals surface area contributed by atoms with Crippen molar-refractivity contribution in [3.63, 3.8) is 0 Å². The number of hydroxylamine groups is 2. The van der Waals surface area contributed by atoms with Crippen molar-refractivity contribution in [1.82, 2.24) is 10.0 Å². The maximum Gasteiger partial charge on any atom is 0.158 e. The van der Waals surface area contributed by atoms with E-state index in [4.69, 9.17) is 4.84 Å². The molecular weight excluding hydrogens is 256 g/mol. The molecule has 0 N–H and O–H groups in total. The number of hydrogen-bond donors (Lipinski definition) is 0. The van der Waals surface area contributed by atoms with Crippen molar-refractivity contribution in [3.05, 3.63) is 29.7 Å². The van der Waals surface area contributed by atoms with Gasteiger partial charge in [-0.3, -0.25) is 0 Å². The first-order valence-electron chi connectivity index (χ1n) is 6.67. The zero-order valence-corrected chi connectivity index (χ0v) is 11.7. The lowest BCUT2D eigenvalue weighted by Crippen LogP contribution is -2.32. The molecule has 1 aromatic heterocycles. The molecule has 0 amide bonds. The lowest BCUT2D eigenvalue weighted by atomic mass is 10.2. The van der Waals surface area contributed by atoms with Gasteiger partial charge in [0.05, 0.1) is 25.0 Å². The number of carbonyl (C=O) groups excluding carboxylic acids is 1. The predicted molar refractivity (Wildman–Crippen MR) is 76.1 cm³/mol.